The number of rotatable bonds is 6. The minimum Gasteiger partial charge on any atom is -0.366 e. The van der Waals surface area contributed by atoms with E-state index in [-0.39, 0.29) is 0 Å². The van der Waals surface area contributed by atoms with Gasteiger partial charge < -0.3 is 10.2 Å². The maximum atomic E-state index is 12.3. The van der Waals surface area contributed by atoms with Crippen molar-refractivity contribution in [2.24, 2.45) is 0 Å². The average molecular weight is 297 g/mol. The molecule has 0 aliphatic carbocycles. The highest BCUT2D eigenvalue weighted by molar-refractivity contribution is 7.89. The fraction of sp³-hybridized carbons (Fsp3) is 0.571. The third-order valence-corrected chi connectivity index (χ3v) is 5.21. The van der Waals surface area contributed by atoms with Gasteiger partial charge in [-0.2, -0.15) is 0 Å². The fourth-order valence-electron chi connectivity index (χ4n) is 2.72. The molecular weight excluding hydrogens is 274 g/mol. The summed E-state index contributed by atoms with van der Waals surface area (Å²) in [6.45, 7) is 6.94. The van der Waals surface area contributed by atoms with Crippen LogP contribution in [0.1, 0.15) is 20.3 Å². The van der Waals surface area contributed by atoms with E-state index in [1.807, 2.05) is 12.1 Å². The number of benzene rings is 1. The van der Waals surface area contributed by atoms with E-state index >= 15 is 0 Å². The Kier molecular flexibility index (Phi) is 5.01. The van der Waals surface area contributed by atoms with Crippen molar-refractivity contribution in [3.05, 3.63) is 24.3 Å². The molecule has 20 heavy (non-hydrogen) atoms. The molecule has 0 saturated carbocycles. The van der Waals surface area contributed by atoms with Gasteiger partial charge in [0.1, 0.15) is 4.90 Å². The number of sulfonamides is 1. The molecule has 1 aliphatic heterocycles. The van der Waals surface area contributed by atoms with Crippen molar-refractivity contribution in [2.45, 2.75) is 31.2 Å². The Morgan fingerprint density at radius 1 is 1.35 bits per heavy atom. The number of nitrogens with zero attached hydrogens (tertiary/aromatic N) is 1. The number of hydrogen-bond acceptors (Lipinski definition) is 4. The first-order valence-corrected chi connectivity index (χ1v) is 8.64. The Bertz CT molecular complexity index is 539. The van der Waals surface area contributed by atoms with Crippen molar-refractivity contribution in [3.8, 4) is 0 Å². The molecule has 0 spiro atoms. The second-order valence-corrected chi connectivity index (χ2v) is 6.64. The van der Waals surface area contributed by atoms with Gasteiger partial charge in [0.05, 0.1) is 5.69 Å². The Morgan fingerprint density at radius 2 is 2.10 bits per heavy atom. The summed E-state index contributed by atoms with van der Waals surface area (Å²) in [5, 5.41) is 3.33. The second kappa shape index (κ2) is 6.56. The van der Waals surface area contributed by atoms with Crippen LogP contribution < -0.4 is 14.9 Å². The third kappa shape index (κ3) is 3.13. The molecule has 1 aromatic carbocycles. The Balaban J connectivity index is 2.40. The topological polar surface area (TPSA) is 61.4 Å². The first kappa shape index (κ1) is 15.3. The van der Waals surface area contributed by atoms with Crippen molar-refractivity contribution in [3.63, 3.8) is 0 Å². The van der Waals surface area contributed by atoms with E-state index in [4.69, 9.17) is 0 Å². The van der Waals surface area contributed by atoms with E-state index in [1.165, 1.54) is 0 Å². The third-order valence-electron chi connectivity index (χ3n) is 3.61. The van der Waals surface area contributed by atoms with Gasteiger partial charge in [-0.25, -0.2) is 13.1 Å². The zero-order valence-corrected chi connectivity index (χ0v) is 12.9. The number of nitrogens with one attached hydrogen (secondary N) is 2. The molecule has 6 heteroatoms. The maximum absolute atomic E-state index is 12.3. The van der Waals surface area contributed by atoms with Crippen LogP contribution in [-0.4, -0.2) is 40.6 Å². The molecule has 1 aromatic rings. The largest absolute Gasteiger partial charge is 0.366 e. The SMILES string of the molecule is CCNS(=O)(=O)c1ccccc1N(CC)C1CCNC1. The van der Waals surface area contributed by atoms with Crippen molar-refractivity contribution in [1.29, 1.82) is 0 Å². The normalized spacial score (nSPS) is 19.2. The predicted octanol–water partition coefficient (Wildman–Crippen LogP) is 1.17. The van der Waals surface area contributed by atoms with Gasteiger partial charge in [0.25, 0.3) is 0 Å². The lowest BCUT2D eigenvalue weighted by Crippen LogP contribution is -2.38. The van der Waals surface area contributed by atoms with Crippen LogP contribution in [0.25, 0.3) is 0 Å². The molecule has 1 saturated heterocycles. The fourth-order valence-corrected chi connectivity index (χ4v) is 3.97. The van der Waals surface area contributed by atoms with Crippen molar-refractivity contribution < 1.29 is 8.42 Å². The van der Waals surface area contributed by atoms with Gasteiger partial charge in [-0.15, -0.1) is 0 Å². The lowest BCUT2D eigenvalue weighted by atomic mass is 10.2. The number of anilines is 1. The van der Waals surface area contributed by atoms with Crippen LogP contribution >= 0.6 is 0 Å². The molecule has 5 nitrogen and oxygen atoms in total. The first-order valence-electron chi connectivity index (χ1n) is 7.16. The van der Waals surface area contributed by atoms with Gasteiger partial charge in [0, 0.05) is 25.7 Å². The van der Waals surface area contributed by atoms with Crippen molar-refractivity contribution in [1.82, 2.24) is 10.0 Å². The average Bonchev–Trinajstić information content (AvgIpc) is 2.94. The minimum atomic E-state index is -3.44. The van der Waals surface area contributed by atoms with Crippen LogP contribution in [0.3, 0.4) is 0 Å². The molecule has 1 heterocycles. The molecule has 1 fully saturated rings. The summed E-state index contributed by atoms with van der Waals surface area (Å²) in [6, 6.07) is 7.60. The van der Waals surface area contributed by atoms with Crippen molar-refractivity contribution in [2.75, 3.05) is 31.1 Å². The lowest BCUT2D eigenvalue weighted by Gasteiger charge is -2.31. The second-order valence-electron chi connectivity index (χ2n) is 4.90. The Labute approximate surface area is 121 Å². The summed E-state index contributed by atoms with van der Waals surface area (Å²) >= 11 is 0. The van der Waals surface area contributed by atoms with Crippen LogP contribution in [-0.2, 0) is 10.0 Å². The molecule has 0 bridgehead atoms. The summed E-state index contributed by atoms with van der Waals surface area (Å²) in [5.41, 5.74) is 0.796. The maximum Gasteiger partial charge on any atom is 0.242 e. The standard InChI is InChI=1S/C14H23N3O2S/c1-3-16-20(18,19)14-8-6-5-7-13(14)17(4-2)12-9-10-15-11-12/h5-8,12,15-16H,3-4,9-11H2,1-2H3. The molecule has 2 N–H and O–H groups in total. The Hall–Kier alpha value is -1.11. The van der Waals surface area contributed by atoms with Gasteiger partial charge in [-0.1, -0.05) is 19.1 Å². The van der Waals surface area contributed by atoms with Gasteiger partial charge in [-0.3, -0.25) is 0 Å². The van der Waals surface area contributed by atoms with Gasteiger partial charge in [-0.05, 0) is 32.0 Å². The highest BCUT2D eigenvalue weighted by Gasteiger charge is 2.26. The van der Waals surface area contributed by atoms with Gasteiger partial charge >= 0.3 is 0 Å². The van der Waals surface area contributed by atoms with E-state index in [2.05, 4.69) is 21.9 Å². The zero-order valence-electron chi connectivity index (χ0n) is 12.1. The van der Waals surface area contributed by atoms with E-state index in [0.717, 1.165) is 31.7 Å². The molecule has 1 aliphatic rings. The molecule has 2 rings (SSSR count). The van der Waals surface area contributed by atoms with E-state index < -0.39 is 10.0 Å². The molecule has 1 atom stereocenters. The smallest absolute Gasteiger partial charge is 0.242 e. The monoisotopic (exact) mass is 297 g/mol. The van der Waals surface area contributed by atoms with Crippen LogP contribution in [0.15, 0.2) is 29.2 Å². The minimum absolute atomic E-state index is 0.359. The quantitative estimate of drug-likeness (QED) is 0.827. The lowest BCUT2D eigenvalue weighted by molar-refractivity contribution is 0.581. The van der Waals surface area contributed by atoms with Crippen molar-refractivity contribution >= 4 is 15.7 Å². The van der Waals surface area contributed by atoms with Crippen LogP contribution in [0.4, 0.5) is 5.69 Å². The number of hydrogen-bond donors (Lipinski definition) is 2. The first-order chi connectivity index (χ1) is 9.60. The highest BCUT2D eigenvalue weighted by Crippen LogP contribution is 2.27. The highest BCUT2D eigenvalue weighted by atomic mass is 32.2. The molecule has 0 radical (unpaired) electrons. The summed E-state index contributed by atoms with van der Waals surface area (Å²) < 4.78 is 27.2. The summed E-state index contributed by atoms with van der Waals surface area (Å²) in [7, 11) is -3.44. The van der Waals surface area contributed by atoms with Crippen LogP contribution in [0, 0.1) is 0 Å². The molecule has 0 amide bonds. The van der Waals surface area contributed by atoms with Crippen LogP contribution in [0.5, 0.6) is 0 Å². The summed E-state index contributed by atoms with van der Waals surface area (Å²) in [6.07, 6.45) is 1.05. The zero-order chi connectivity index (χ0) is 14.6. The number of likely N-dealkylation sites (N-methyl/N-ethyl adjacent to an activating group) is 1. The molecular formula is C14H23N3O2S. The van der Waals surface area contributed by atoms with E-state index in [1.54, 1.807) is 19.1 Å². The molecule has 1 unspecified atom stereocenters. The predicted molar refractivity (Wildman–Crippen MR) is 81.6 cm³/mol. The van der Waals surface area contributed by atoms with E-state index in [0.29, 0.717) is 17.5 Å². The van der Waals surface area contributed by atoms with Gasteiger partial charge in [0.15, 0.2) is 0 Å². The molecule has 112 valence electrons. The Morgan fingerprint density at radius 3 is 2.70 bits per heavy atom. The van der Waals surface area contributed by atoms with Gasteiger partial charge in [0.2, 0.25) is 10.0 Å². The van der Waals surface area contributed by atoms with Crippen LogP contribution in [0.2, 0.25) is 0 Å². The van der Waals surface area contributed by atoms with E-state index in [9.17, 15) is 8.42 Å². The number of para-hydroxylation sites is 1. The summed E-state index contributed by atoms with van der Waals surface area (Å²) in [5.74, 6) is 0. The summed E-state index contributed by atoms with van der Waals surface area (Å²) in [4.78, 5) is 2.56. The molecule has 0 aromatic heterocycles.